The Bertz CT molecular complexity index is 185. The molecule has 0 fully saturated rings. The van der Waals surface area contributed by atoms with Crippen molar-refractivity contribution in [3.63, 3.8) is 0 Å². The lowest BCUT2D eigenvalue weighted by molar-refractivity contribution is -0.0796. The van der Waals surface area contributed by atoms with Crippen LogP contribution in [0.15, 0.2) is 0 Å². The molecule has 0 rings (SSSR count). The van der Waals surface area contributed by atoms with E-state index in [0.29, 0.717) is 13.0 Å². The minimum atomic E-state index is -0.736. The van der Waals surface area contributed by atoms with E-state index in [1.807, 2.05) is 51.8 Å². The molecule has 0 aliphatic rings. The molecule has 2 N–H and O–H groups in total. The molecule has 0 aromatic carbocycles. The van der Waals surface area contributed by atoms with Gasteiger partial charge in [-0.05, 0) is 41.5 Å². The van der Waals surface area contributed by atoms with E-state index in [1.165, 1.54) is 0 Å². The number of aliphatic hydroxyl groups excluding tert-OH is 2. The van der Waals surface area contributed by atoms with Gasteiger partial charge in [0.15, 0.2) is 0 Å². The standard InChI is InChI=1S/C11H26N2O2/c1-7-9(14)10(15)11(2,13(5)6)8-12(3)4/h9-10,14-15H,7-8H2,1-6H3. The van der Waals surface area contributed by atoms with Gasteiger partial charge in [-0.25, -0.2) is 0 Å². The third-order valence-corrected chi connectivity index (χ3v) is 3.08. The third-order valence-electron chi connectivity index (χ3n) is 3.08. The summed E-state index contributed by atoms with van der Waals surface area (Å²) < 4.78 is 0. The second kappa shape index (κ2) is 5.80. The molecule has 0 saturated heterocycles. The monoisotopic (exact) mass is 218 g/mol. The van der Waals surface area contributed by atoms with Gasteiger partial charge in [0.25, 0.3) is 0 Å². The van der Waals surface area contributed by atoms with Gasteiger partial charge in [0.1, 0.15) is 0 Å². The van der Waals surface area contributed by atoms with E-state index < -0.39 is 17.7 Å². The van der Waals surface area contributed by atoms with E-state index in [9.17, 15) is 10.2 Å². The Balaban J connectivity index is 4.77. The van der Waals surface area contributed by atoms with Gasteiger partial charge in [-0.15, -0.1) is 0 Å². The van der Waals surface area contributed by atoms with Crippen LogP contribution >= 0.6 is 0 Å². The summed E-state index contributed by atoms with van der Waals surface area (Å²) in [6, 6.07) is 0. The van der Waals surface area contributed by atoms with Gasteiger partial charge >= 0.3 is 0 Å². The van der Waals surface area contributed by atoms with Crippen LogP contribution in [0, 0.1) is 0 Å². The molecule has 0 bridgehead atoms. The first kappa shape index (κ1) is 14.8. The van der Waals surface area contributed by atoms with Crippen LogP contribution in [0.2, 0.25) is 0 Å². The zero-order valence-corrected chi connectivity index (χ0v) is 10.9. The number of hydrogen-bond acceptors (Lipinski definition) is 4. The molecule has 4 heteroatoms. The van der Waals surface area contributed by atoms with E-state index in [0.717, 1.165) is 0 Å². The predicted molar refractivity (Wildman–Crippen MR) is 63.0 cm³/mol. The molecular formula is C11H26N2O2. The maximum atomic E-state index is 10.1. The lowest BCUT2D eigenvalue weighted by atomic mass is 9.88. The van der Waals surface area contributed by atoms with Crippen molar-refractivity contribution < 1.29 is 10.2 Å². The highest BCUT2D eigenvalue weighted by atomic mass is 16.3. The van der Waals surface area contributed by atoms with Crippen molar-refractivity contribution in [2.45, 2.75) is 38.0 Å². The summed E-state index contributed by atoms with van der Waals surface area (Å²) in [6.45, 7) is 4.55. The molecule has 0 aliphatic heterocycles. The van der Waals surface area contributed by atoms with E-state index >= 15 is 0 Å². The van der Waals surface area contributed by atoms with Crippen LogP contribution in [0.4, 0.5) is 0 Å². The topological polar surface area (TPSA) is 46.9 Å². The zero-order valence-electron chi connectivity index (χ0n) is 10.9. The van der Waals surface area contributed by atoms with Gasteiger partial charge in [-0.3, -0.25) is 0 Å². The first-order valence-electron chi connectivity index (χ1n) is 5.44. The molecule has 0 saturated carbocycles. The van der Waals surface area contributed by atoms with Crippen molar-refractivity contribution in [3.8, 4) is 0 Å². The summed E-state index contributed by atoms with van der Waals surface area (Å²) in [5, 5.41) is 19.9. The molecule has 0 aliphatic carbocycles. The number of likely N-dealkylation sites (N-methyl/N-ethyl adjacent to an activating group) is 2. The maximum absolute atomic E-state index is 10.1. The Morgan fingerprint density at radius 3 is 1.87 bits per heavy atom. The molecule has 0 aromatic heterocycles. The normalized spacial score (nSPS) is 20.4. The van der Waals surface area contributed by atoms with E-state index in [2.05, 4.69) is 0 Å². The Kier molecular flexibility index (Phi) is 5.73. The van der Waals surface area contributed by atoms with Crippen molar-refractivity contribution in [2.24, 2.45) is 0 Å². The Hall–Kier alpha value is -0.160. The molecule has 3 atom stereocenters. The van der Waals surface area contributed by atoms with Gasteiger partial charge in [-0.1, -0.05) is 6.92 Å². The van der Waals surface area contributed by atoms with Gasteiger partial charge in [0.05, 0.1) is 17.7 Å². The van der Waals surface area contributed by atoms with Crippen LogP contribution in [-0.2, 0) is 0 Å². The van der Waals surface area contributed by atoms with Crippen molar-refractivity contribution in [3.05, 3.63) is 0 Å². The summed E-state index contributed by atoms with van der Waals surface area (Å²) in [7, 11) is 7.78. The summed E-state index contributed by atoms with van der Waals surface area (Å²) in [5.41, 5.74) is -0.432. The highest BCUT2D eigenvalue weighted by Crippen LogP contribution is 2.21. The molecule has 92 valence electrons. The smallest absolute Gasteiger partial charge is 0.0991 e. The first-order chi connectivity index (χ1) is 6.75. The lowest BCUT2D eigenvalue weighted by Crippen LogP contribution is -2.60. The predicted octanol–water partition coefficient (Wildman–Crippen LogP) is 0.000100. The Morgan fingerprint density at radius 2 is 1.60 bits per heavy atom. The van der Waals surface area contributed by atoms with Crippen LogP contribution in [0.5, 0.6) is 0 Å². The average molecular weight is 218 g/mol. The fraction of sp³-hybridized carbons (Fsp3) is 1.00. The summed E-state index contributed by atoms with van der Waals surface area (Å²) in [4.78, 5) is 3.99. The summed E-state index contributed by atoms with van der Waals surface area (Å²) in [5.74, 6) is 0. The van der Waals surface area contributed by atoms with Crippen LogP contribution < -0.4 is 0 Å². The second-order valence-corrected chi connectivity index (χ2v) is 4.91. The van der Waals surface area contributed by atoms with E-state index in [-0.39, 0.29) is 0 Å². The average Bonchev–Trinajstić information content (AvgIpc) is 2.13. The number of hydrogen-bond donors (Lipinski definition) is 2. The lowest BCUT2D eigenvalue weighted by Gasteiger charge is -2.43. The quantitative estimate of drug-likeness (QED) is 0.659. The number of rotatable bonds is 6. The fourth-order valence-electron chi connectivity index (χ4n) is 1.78. The van der Waals surface area contributed by atoms with Crippen LogP contribution in [-0.4, -0.2) is 72.5 Å². The minimum absolute atomic E-state index is 0.432. The molecule has 0 aromatic rings. The largest absolute Gasteiger partial charge is 0.390 e. The molecule has 4 nitrogen and oxygen atoms in total. The zero-order chi connectivity index (χ0) is 12.2. The number of nitrogens with zero attached hydrogens (tertiary/aromatic N) is 2. The Labute approximate surface area is 93.5 Å². The Morgan fingerprint density at radius 1 is 1.13 bits per heavy atom. The van der Waals surface area contributed by atoms with Gasteiger partial charge in [-0.2, -0.15) is 0 Å². The first-order valence-corrected chi connectivity index (χ1v) is 5.44. The van der Waals surface area contributed by atoms with E-state index in [4.69, 9.17) is 0 Å². The van der Waals surface area contributed by atoms with Crippen LogP contribution in [0.1, 0.15) is 20.3 Å². The maximum Gasteiger partial charge on any atom is 0.0991 e. The summed E-state index contributed by atoms with van der Waals surface area (Å²) in [6.07, 6.45) is -0.838. The van der Waals surface area contributed by atoms with Crippen LogP contribution in [0.25, 0.3) is 0 Å². The van der Waals surface area contributed by atoms with Gasteiger partial charge in [0, 0.05) is 6.54 Å². The molecule has 0 amide bonds. The van der Waals surface area contributed by atoms with Gasteiger partial charge < -0.3 is 20.0 Å². The SMILES string of the molecule is CCC(O)C(O)C(C)(CN(C)C)N(C)C. The highest BCUT2D eigenvalue weighted by Gasteiger charge is 2.39. The van der Waals surface area contributed by atoms with Gasteiger partial charge in [0.2, 0.25) is 0 Å². The minimum Gasteiger partial charge on any atom is -0.390 e. The summed E-state index contributed by atoms with van der Waals surface area (Å²) >= 11 is 0. The number of aliphatic hydroxyl groups is 2. The van der Waals surface area contributed by atoms with Crippen molar-refractivity contribution in [1.82, 2.24) is 9.80 Å². The third kappa shape index (κ3) is 3.72. The van der Waals surface area contributed by atoms with Crippen molar-refractivity contribution in [1.29, 1.82) is 0 Å². The van der Waals surface area contributed by atoms with Crippen molar-refractivity contribution >= 4 is 0 Å². The molecule has 15 heavy (non-hydrogen) atoms. The molecule has 0 radical (unpaired) electrons. The molecule has 0 spiro atoms. The van der Waals surface area contributed by atoms with E-state index in [1.54, 1.807) is 0 Å². The second-order valence-electron chi connectivity index (χ2n) is 4.91. The van der Waals surface area contributed by atoms with Crippen molar-refractivity contribution in [2.75, 3.05) is 34.7 Å². The van der Waals surface area contributed by atoms with Crippen LogP contribution in [0.3, 0.4) is 0 Å². The molecule has 0 heterocycles. The fourth-order valence-corrected chi connectivity index (χ4v) is 1.78. The highest BCUT2D eigenvalue weighted by molar-refractivity contribution is 4.95. The molecule has 3 unspecified atom stereocenters. The molecular weight excluding hydrogens is 192 g/mol.